The molecule has 3 N–H and O–H groups in total. The molecule has 7 nitrogen and oxygen atoms in total. The van der Waals surface area contributed by atoms with E-state index in [0.717, 1.165) is 18.2 Å². The van der Waals surface area contributed by atoms with Gasteiger partial charge in [0.1, 0.15) is 30.2 Å². The van der Waals surface area contributed by atoms with E-state index in [1.54, 1.807) is 6.20 Å². The van der Waals surface area contributed by atoms with Crippen molar-refractivity contribution in [2.75, 3.05) is 26.4 Å². The van der Waals surface area contributed by atoms with Gasteiger partial charge in [-0.05, 0) is 37.0 Å². The summed E-state index contributed by atoms with van der Waals surface area (Å²) in [5.41, 5.74) is 5.24. The molecule has 1 aromatic heterocycles. The molecule has 200 valence electrons. The lowest BCUT2D eigenvalue weighted by Crippen LogP contribution is -2.48. The Morgan fingerprint density at radius 2 is 2.00 bits per heavy atom. The Bertz CT molecular complexity index is 1060. The summed E-state index contributed by atoms with van der Waals surface area (Å²) in [6.07, 6.45) is 0.532. The van der Waals surface area contributed by atoms with Crippen molar-refractivity contribution in [3.63, 3.8) is 0 Å². The zero-order valence-corrected chi connectivity index (χ0v) is 21.6. The second kappa shape index (κ2) is 10.9. The molecule has 0 radical (unpaired) electrons. The number of nitrogens with zero attached hydrogens (tertiary/aromatic N) is 3. The maximum atomic E-state index is 14.7. The number of carbonyl (C=O) groups is 1. The number of hydrogen-bond donors (Lipinski definition) is 2. The monoisotopic (exact) mass is 510 g/mol. The topological polar surface area (TPSA) is 93.6 Å². The lowest BCUT2D eigenvalue weighted by atomic mass is 9.83. The van der Waals surface area contributed by atoms with Gasteiger partial charge in [-0.1, -0.05) is 27.7 Å². The number of halogens is 3. The van der Waals surface area contributed by atoms with E-state index >= 15 is 0 Å². The molecule has 1 amide bonds. The highest BCUT2D eigenvalue weighted by Crippen LogP contribution is 2.41. The summed E-state index contributed by atoms with van der Waals surface area (Å²) >= 11 is 0. The van der Waals surface area contributed by atoms with Gasteiger partial charge in [-0.2, -0.15) is 0 Å². The molecule has 0 spiro atoms. The molecule has 1 aliphatic heterocycles. The van der Waals surface area contributed by atoms with Crippen molar-refractivity contribution in [2.45, 2.75) is 65.8 Å². The number of amides is 1. The summed E-state index contributed by atoms with van der Waals surface area (Å²) in [6.45, 7) is 10.1. The number of hydrogen-bond acceptors (Lipinski definition) is 5. The fourth-order valence-electron chi connectivity index (χ4n) is 4.53. The lowest BCUT2D eigenvalue weighted by molar-refractivity contribution is -0.145. The summed E-state index contributed by atoms with van der Waals surface area (Å²) < 4.78 is 49.1. The largest absolute Gasteiger partial charge is 0.384 e. The average molecular weight is 511 g/mol. The third-order valence-corrected chi connectivity index (χ3v) is 6.42. The van der Waals surface area contributed by atoms with Gasteiger partial charge in [0.2, 0.25) is 0 Å². The van der Waals surface area contributed by atoms with Crippen LogP contribution in [0.3, 0.4) is 0 Å². The normalized spacial score (nSPS) is 17.8. The third kappa shape index (κ3) is 6.27. The molecule has 0 saturated carbocycles. The van der Waals surface area contributed by atoms with E-state index in [1.807, 2.05) is 32.3 Å². The van der Waals surface area contributed by atoms with Gasteiger partial charge in [0.15, 0.2) is 0 Å². The van der Waals surface area contributed by atoms with E-state index in [9.17, 15) is 23.1 Å². The van der Waals surface area contributed by atoms with Crippen LogP contribution in [-0.4, -0.2) is 64.0 Å². The fraction of sp³-hybridized carbons (Fsp3) is 0.615. The summed E-state index contributed by atoms with van der Waals surface area (Å²) in [5, 5.41) is 10.2. The molecule has 36 heavy (non-hydrogen) atoms. The summed E-state index contributed by atoms with van der Waals surface area (Å²) in [6, 6.07) is 1.73. The Hall–Kier alpha value is -2.43. The first-order valence-electron chi connectivity index (χ1n) is 12.2. The number of alkyl halides is 1. The van der Waals surface area contributed by atoms with Crippen LogP contribution >= 0.6 is 0 Å². The van der Waals surface area contributed by atoms with Gasteiger partial charge in [-0.3, -0.25) is 4.79 Å². The van der Waals surface area contributed by atoms with Crippen molar-refractivity contribution in [3.8, 4) is 11.3 Å². The molecular formula is C26H37F3N4O3. The number of aliphatic hydroxyl groups excluding tert-OH is 1. The van der Waals surface area contributed by atoms with Gasteiger partial charge in [0.25, 0.3) is 5.91 Å². The Balaban J connectivity index is 2.17. The molecule has 0 aliphatic carbocycles. The van der Waals surface area contributed by atoms with Crippen molar-refractivity contribution in [2.24, 2.45) is 16.6 Å². The van der Waals surface area contributed by atoms with E-state index in [1.165, 1.54) is 11.8 Å². The zero-order valence-electron chi connectivity index (χ0n) is 21.6. The third-order valence-electron chi connectivity index (χ3n) is 6.42. The van der Waals surface area contributed by atoms with E-state index in [0.29, 0.717) is 25.6 Å². The highest BCUT2D eigenvalue weighted by molar-refractivity contribution is 5.80. The van der Waals surface area contributed by atoms with Crippen molar-refractivity contribution in [1.82, 2.24) is 14.5 Å². The maximum Gasteiger partial charge on any atom is 0.251 e. The van der Waals surface area contributed by atoms with Crippen LogP contribution < -0.4 is 5.73 Å². The predicted molar refractivity (Wildman–Crippen MR) is 131 cm³/mol. The van der Waals surface area contributed by atoms with Crippen LogP contribution in [0.25, 0.3) is 11.3 Å². The minimum Gasteiger partial charge on any atom is -0.384 e. The van der Waals surface area contributed by atoms with Crippen LogP contribution in [0.2, 0.25) is 0 Å². The molecule has 1 fully saturated rings. The molecule has 1 saturated heterocycles. The number of ether oxygens (including phenoxy) is 1. The zero-order chi connectivity index (χ0) is 26.8. The van der Waals surface area contributed by atoms with Crippen LogP contribution in [0.4, 0.5) is 13.2 Å². The lowest BCUT2D eigenvalue weighted by Gasteiger charge is -2.43. The number of nitrogens with two attached hydrogens (primary N) is 1. The van der Waals surface area contributed by atoms with Gasteiger partial charge in [-0.15, -0.1) is 0 Å². The Morgan fingerprint density at radius 1 is 1.33 bits per heavy atom. The van der Waals surface area contributed by atoms with Gasteiger partial charge in [0.05, 0.1) is 24.9 Å². The van der Waals surface area contributed by atoms with Crippen molar-refractivity contribution < 1.29 is 27.8 Å². The van der Waals surface area contributed by atoms with Crippen LogP contribution in [0.15, 0.2) is 24.4 Å². The van der Waals surface area contributed by atoms with Crippen molar-refractivity contribution >= 4 is 5.91 Å². The average Bonchev–Trinajstić information content (AvgIpc) is 3.17. The summed E-state index contributed by atoms with van der Waals surface area (Å²) in [5.74, 6) is -1.31. The van der Waals surface area contributed by atoms with E-state index in [4.69, 9.17) is 15.5 Å². The van der Waals surface area contributed by atoms with Gasteiger partial charge < -0.3 is 25.0 Å². The van der Waals surface area contributed by atoms with Gasteiger partial charge in [-0.25, -0.2) is 18.2 Å². The first-order chi connectivity index (χ1) is 16.8. The molecule has 2 aromatic rings. The number of rotatable bonds is 10. The molecule has 1 aliphatic rings. The fourth-order valence-corrected chi connectivity index (χ4v) is 4.53. The van der Waals surface area contributed by atoms with Crippen LogP contribution in [-0.2, 0) is 16.1 Å². The van der Waals surface area contributed by atoms with Gasteiger partial charge in [0, 0.05) is 36.3 Å². The number of imidazole rings is 1. The van der Waals surface area contributed by atoms with Crippen molar-refractivity contribution in [1.29, 1.82) is 0 Å². The Labute approximate surface area is 210 Å². The highest BCUT2D eigenvalue weighted by Gasteiger charge is 2.41. The smallest absolute Gasteiger partial charge is 0.251 e. The van der Waals surface area contributed by atoms with Gasteiger partial charge >= 0.3 is 0 Å². The second-order valence-electron chi connectivity index (χ2n) is 11.2. The molecule has 1 aromatic carbocycles. The number of carbonyl (C=O) groups excluding carboxylic acids is 1. The minimum absolute atomic E-state index is 0.00512. The van der Waals surface area contributed by atoms with Crippen molar-refractivity contribution in [3.05, 3.63) is 41.9 Å². The summed E-state index contributed by atoms with van der Waals surface area (Å²) in [7, 11) is 0. The first-order valence-corrected chi connectivity index (χ1v) is 12.2. The first kappa shape index (κ1) is 28.1. The SMILES string of the molecule is C[C@H](O)C(=O)N(CC[C@H](N)CF)[C@@H](c1nc(-c2cc(F)ccc2F)cn1CC1(C)COC1)C(C)(C)C. The van der Waals surface area contributed by atoms with Crippen LogP contribution in [0.5, 0.6) is 0 Å². The Morgan fingerprint density at radius 3 is 2.53 bits per heavy atom. The molecule has 0 unspecified atom stereocenters. The minimum atomic E-state index is -1.31. The molecule has 3 rings (SSSR count). The number of benzene rings is 1. The maximum absolute atomic E-state index is 14.7. The van der Waals surface area contributed by atoms with Crippen LogP contribution in [0.1, 0.15) is 52.9 Å². The number of aromatic nitrogens is 2. The Kier molecular flexibility index (Phi) is 8.52. The molecular weight excluding hydrogens is 473 g/mol. The van der Waals surface area contributed by atoms with E-state index in [-0.39, 0.29) is 29.6 Å². The molecule has 2 heterocycles. The summed E-state index contributed by atoms with van der Waals surface area (Å²) in [4.78, 5) is 19.4. The number of aliphatic hydroxyl groups is 1. The quantitative estimate of drug-likeness (QED) is 0.507. The molecule has 0 bridgehead atoms. The highest BCUT2D eigenvalue weighted by atomic mass is 19.1. The standard InChI is InChI=1S/C26H37F3N4O3/c1-16(34)24(35)33(9-8-18(30)11-27)22(25(2,3)4)23-31-21(19-10-17(28)6-7-20(19)29)12-32(23)13-26(5)14-36-15-26/h6-7,10,12,16,18,22,34H,8-9,11,13-15,30H2,1-5H3/t16-,18-,22-/m0/s1. The molecule has 10 heteroatoms. The second-order valence-corrected chi connectivity index (χ2v) is 11.2. The molecule has 3 atom stereocenters. The van der Waals surface area contributed by atoms with E-state index in [2.05, 4.69) is 0 Å². The predicted octanol–water partition coefficient (Wildman–Crippen LogP) is 3.85. The van der Waals surface area contributed by atoms with E-state index < -0.39 is 47.8 Å². The van der Waals surface area contributed by atoms with Crippen LogP contribution in [0, 0.1) is 22.5 Å².